The Balaban J connectivity index is 2.93. The van der Waals surface area contributed by atoms with Crippen LogP contribution in [0.15, 0.2) is 22.7 Å². The zero-order valence-corrected chi connectivity index (χ0v) is 10.2. The second kappa shape index (κ2) is 5.37. The Labute approximate surface area is 93.6 Å². The van der Waals surface area contributed by atoms with E-state index in [1.165, 1.54) is 0 Å². The molecule has 0 spiro atoms. The number of methoxy groups -OCH3 is 1. The lowest BCUT2D eigenvalue weighted by Crippen LogP contribution is -2.10. The predicted molar refractivity (Wildman–Crippen MR) is 62.5 cm³/mol. The summed E-state index contributed by atoms with van der Waals surface area (Å²) in [5.41, 5.74) is 7.16. The van der Waals surface area contributed by atoms with Crippen molar-refractivity contribution in [3.63, 3.8) is 0 Å². The van der Waals surface area contributed by atoms with Gasteiger partial charge in [-0.2, -0.15) is 0 Å². The number of halogens is 1. The van der Waals surface area contributed by atoms with Crippen LogP contribution < -0.4 is 10.5 Å². The first-order valence-corrected chi connectivity index (χ1v) is 5.57. The fourth-order valence-corrected chi connectivity index (χ4v) is 1.94. The minimum absolute atomic E-state index is 0.0875. The van der Waals surface area contributed by atoms with E-state index in [-0.39, 0.29) is 6.04 Å². The van der Waals surface area contributed by atoms with Crippen molar-refractivity contribution >= 4 is 15.9 Å². The van der Waals surface area contributed by atoms with Crippen molar-refractivity contribution < 1.29 is 4.74 Å². The number of benzene rings is 1. The highest BCUT2D eigenvalue weighted by Crippen LogP contribution is 2.28. The van der Waals surface area contributed by atoms with Gasteiger partial charge < -0.3 is 10.5 Å². The Morgan fingerprint density at radius 1 is 1.50 bits per heavy atom. The maximum absolute atomic E-state index is 6.04. The van der Waals surface area contributed by atoms with Crippen LogP contribution in [-0.4, -0.2) is 7.11 Å². The molecule has 2 nitrogen and oxygen atoms in total. The van der Waals surface area contributed by atoms with Crippen molar-refractivity contribution in [2.24, 2.45) is 5.73 Å². The minimum atomic E-state index is 0.0875. The molecule has 0 fully saturated rings. The topological polar surface area (TPSA) is 35.2 Å². The van der Waals surface area contributed by atoms with Crippen LogP contribution in [0.2, 0.25) is 0 Å². The number of rotatable bonds is 4. The average molecular weight is 258 g/mol. The fourth-order valence-electron chi connectivity index (χ4n) is 1.40. The Bertz CT molecular complexity index is 301. The second-order valence-corrected chi connectivity index (χ2v) is 4.14. The van der Waals surface area contributed by atoms with E-state index in [1.807, 2.05) is 18.2 Å². The van der Waals surface area contributed by atoms with E-state index in [2.05, 4.69) is 22.9 Å². The highest BCUT2D eigenvalue weighted by molar-refractivity contribution is 9.10. The zero-order chi connectivity index (χ0) is 10.6. The average Bonchev–Trinajstić information content (AvgIpc) is 2.19. The summed E-state index contributed by atoms with van der Waals surface area (Å²) in [6.07, 6.45) is 2.08. The van der Waals surface area contributed by atoms with E-state index in [0.717, 1.165) is 28.6 Å². The van der Waals surface area contributed by atoms with Gasteiger partial charge in [0, 0.05) is 10.5 Å². The van der Waals surface area contributed by atoms with Crippen LogP contribution >= 0.6 is 15.9 Å². The first kappa shape index (κ1) is 11.5. The Kier molecular flexibility index (Phi) is 4.42. The van der Waals surface area contributed by atoms with E-state index in [1.54, 1.807) is 7.11 Å². The number of hydrogen-bond donors (Lipinski definition) is 1. The molecule has 3 heteroatoms. The summed E-state index contributed by atoms with van der Waals surface area (Å²) in [4.78, 5) is 0. The standard InChI is InChI=1S/C11H16BrNO/c1-3-4-11(13)9-7-8(14-2)5-6-10(9)12/h5-7,11H,3-4,13H2,1-2H3/t11-/m0/s1. The second-order valence-electron chi connectivity index (χ2n) is 3.28. The maximum atomic E-state index is 6.04. The lowest BCUT2D eigenvalue weighted by molar-refractivity contribution is 0.413. The Morgan fingerprint density at radius 3 is 2.79 bits per heavy atom. The maximum Gasteiger partial charge on any atom is 0.119 e. The van der Waals surface area contributed by atoms with Gasteiger partial charge in [-0.25, -0.2) is 0 Å². The molecule has 14 heavy (non-hydrogen) atoms. The molecule has 1 aromatic carbocycles. The molecule has 0 aliphatic rings. The van der Waals surface area contributed by atoms with Crippen molar-refractivity contribution in [2.45, 2.75) is 25.8 Å². The number of hydrogen-bond acceptors (Lipinski definition) is 2. The van der Waals surface area contributed by atoms with Crippen LogP contribution in [0, 0.1) is 0 Å². The van der Waals surface area contributed by atoms with Crippen LogP contribution in [0.25, 0.3) is 0 Å². The molecule has 1 rings (SSSR count). The van der Waals surface area contributed by atoms with Gasteiger partial charge in [0.2, 0.25) is 0 Å². The lowest BCUT2D eigenvalue weighted by Gasteiger charge is -2.13. The molecule has 0 saturated heterocycles. The SMILES string of the molecule is CCC[C@H](N)c1cc(OC)ccc1Br. The van der Waals surface area contributed by atoms with Crippen molar-refractivity contribution in [3.05, 3.63) is 28.2 Å². The summed E-state index contributed by atoms with van der Waals surface area (Å²) >= 11 is 3.49. The molecule has 0 bridgehead atoms. The number of ether oxygens (including phenoxy) is 1. The van der Waals surface area contributed by atoms with Crippen LogP contribution in [0.5, 0.6) is 5.75 Å². The van der Waals surface area contributed by atoms with Gasteiger partial charge in [0.05, 0.1) is 7.11 Å². The van der Waals surface area contributed by atoms with Gasteiger partial charge in [-0.05, 0) is 30.2 Å². The Morgan fingerprint density at radius 2 is 2.21 bits per heavy atom. The zero-order valence-electron chi connectivity index (χ0n) is 8.59. The highest BCUT2D eigenvalue weighted by Gasteiger charge is 2.09. The molecule has 0 aliphatic heterocycles. The number of nitrogens with two attached hydrogens (primary N) is 1. The summed E-state index contributed by atoms with van der Waals surface area (Å²) in [6, 6.07) is 5.98. The van der Waals surface area contributed by atoms with Gasteiger partial charge in [-0.3, -0.25) is 0 Å². The molecule has 0 radical (unpaired) electrons. The van der Waals surface area contributed by atoms with Crippen LogP contribution in [0.1, 0.15) is 31.4 Å². The highest BCUT2D eigenvalue weighted by atomic mass is 79.9. The molecule has 78 valence electrons. The normalized spacial score (nSPS) is 12.6. The summed E-state index contributed by atoms with van der Waals surface area (Å²) in [5.74, 6) is 0.856. The summed E-state index contributed by atoms with van der Waals surface area (Å²) in [6.45, 7) is 2.13. The van der Waals surface area contributed by atoms with Crippen LogP contribution in [0.3, 0.4) is 0 Å². The van der Waals surface area contributed by atoms with Gasteiger partial charge >= 0.3 is 0 Å². The molecule has 0 heterocycles. The van der Waals surface area contributed by atoms with Crippen LogP contribution in [0.4, 0.5) is 0 Å². The Hall–Kier alpha value is -0.540. The molecule has 0 unspecified atom stereocenters. The van der Waals surface area contributed by atoms with E-state index < -0.39 is 0 Å². The van der Waals surface area contributed by atoms with Crippen molar-refractivity contribution in [2.75, 3.05) is 7.11 Å². The van der Waals surface area contributed by atoms with E-state index in [9.17, 15) is 0 Å². The molecule has 0 aliphatic carbocycles. The third kappa shape index (κ3) is 2.72. The van der Waals surface area contributed by atoms with Gasteiger partial charge in [-0.1, -0.05) is 29.3 Å². The predicted octanol–water partition coefficient (Wildman–Crippen LogP) is 3.26. The molecule has 1 aromatic rings. The quantitative estimate of drug-likeness (QED) is 0.899. The largest absolute Gasteiger partial charge is 0.497 e. The van der Waals surface area contributed by atoms with Gasteiger partial charge in [0.15, 0.2) is 0 Å². The lowest BCUT2D eigenvalue weighted by atomic mass is 10.0. The van der Waals surface area contributed by atoms with Crippen molar-refractivity contribution in [3.8, 4) is 5.75 Å². The molecular weight excluding hydrogens is 242 g/mol. The molecule has 1 atom stereocenters. The molecule has 2 N–H and O–H groups in total. The summed E-state index contributed by atoms with van der Waals surface area (Å²) < 4.78 is 6.22. The summed E-state index contributed by atoms with van der Waals surface area (Å²) in [7, 11) is 1.67. The minimum Gasteiger partial charge on any atom is -0.497 e. The smallest absolute Gasteiger partial charge is 0.119 e. The summed E-state index contributed by atoms with van der Waals surface area (Å²) in [5, 5.41) is 0. The first-order valence-electron chi connectivity index (χ1n) is 4.78. The van der Waals surface area contributed by atoms with E-state index in [0.29, 0.717) is 0 Å². The van der Waals surface area contributed by atoms with Gasteiger partial charge in [-0.15, -0.1) is 0 Å². The molecule has 0 amide bonds. The van der Waals surface area contributed by atoms with E-state index >= 15 is 0 Å². The van der Waals surface area contributed by atoms with Crippen LogP contribution in [-0.2, 0) is 0 Å². The third-order valence-electron chi connectivity index (χ3n) is 2.20. The van der Waals surface area contributed by atoms with E-state index in [4.69, 9.17) is 10.5 Å². The van der Waals surface area contributed by atoms with Gasteiger partial charge in [0.25, 0.3) is 0 Å². The van der Waals surface area contributed by atoms with Crippen molar-refractivity contribution in [1.29, 1.82) is 0 Å². The van der Waals surface area contributed by atoms with Crippen molar-refractivity contribution in [1.82, 2.24) is 0 Å². The monoisotopic (exact) mass is 257 g/mol. The first-order chi connectivity index (χ1) is 6.69. The molecular formula is C11H16BrNO. The molecule has 0 saturated carbocycles. The van der Waals surface area contributed by atoms with Gasteiger partial charge in [0.1, 0.15) is 5.75 Å². The fraction of sp³-hybridized carbons (Fsp3) is 0.455. The third-order valence-corrected chi connectivity index (χ3v) is 2.92. The molecule has 0 aromatic heterocycles.